The van der Waals surface area contributed by atoms with Crippen LogP contribution in [0.3, 0.4) is 0 Å². The first kappa shape index (κ1) is 13.7. The van der Waals surface area contributed by atoms with Crippen molar-refractivity contribution in [3.8, 4) is 0 Å². The summed E-state index contributed by atoms with van der Waals surface area (Å²) in [6, 6.07) is 6.91. The van der Waals surface area contributed by atoms with E-state index in [0.717, 1.165) is 5.56 Å². The Balaban J connectivity index is 2.51. The molecule has 2 rings (SSSR count). The number of fused-ring (bicyclic) bond motifs is 1. The highest BCUT2D eigenvalue weighted by atomic mass is 32.2. The molecule has 0 saturated carbocycles. The number of aromatic nitrogens is 1. The highest BCUT2D eigenvalue weighted by molar-refractivity contribution is 7.89. The van der Waals surface area contributed by atoms with Crippen molar-refractivity contribution in [1.82, 2.24) is 9.71 Å². The third-order valence-electron chi connectivity index (χ3n) is 2.86. The summed E-state index contributed by atoms with van der Waals surface area (Å²) in [5, 5.41) is 0.647. The molecule has 0 unspecified atom stereocenters. The molecular formula is C14H16N2O2S. The van der Waals surface area contributed by atoms with Gasteiger partial charge in [-0.1, -0.05) is 12.1 Å². The molecular weight excluding hydrogens is 260 g/mol. The van der Waals surface area contributed by atoms with Crippen LogP contribution in [0.15, 0.2) is 48.0 Å². The molecule has 19 heavy (non-hydrogen) atoms. The highest BCUT2D eigenvalue weighted by Crippen LogP contribution is 2.23. The Morgan fingerprint density at radius 1 is 1.37 bits per heavy atom. The molecule has 0 saturated heterocycles. The van der Waals surface area contributed by atoms with E-state index < -0.39 is 10.0 Å². The lowest BCUT2D eigenvalue weighted by Gasteiger charge is -2.09. The Morgan fingerprint density at radius 3 is 2.89 bits per heavy atom. The van der Waals surface area contributed by atoms with Gasteiger partial charge >= 0.3 is 0 Å². The van der Waals surface area contributed by atoms with E-state index in [0.29, 0.717) is 23.9 Å². The largest absolute Gasteiger partial charge is 0.256 e. The van der Waals surface area contributed by atoms with Gasteiger partial charge in [-0.2, -0.15) is 0 Å². The highest BCUT2D eigenvalue weighted by Gasteiger charge is 2.17. The zero-order chi connectivity index (χ0) is 13.9. The Kier molecular flexibility index (Phi) is 3.97. The number of nitrogens with zero attached hydrogens (tertiary/aromatic N) is 1. The van der Waals surface area contributed by atoms with E-state index in [1.54, 1.807) is 36.5 Å². The number of hydrogen-bond acceptors (Lipinski definition) is 3. The summed E-state index contributed by atoms with van der Waals surface area (Å²) in [5.41, 5.74) is 1.68. The van der Waals surface area contributed by atoms with Crippen LogP contribution in [-0.2, 0) is 10.0 Å². The van der Waals surface area contributed by atoms with E-state index >= 15 is 0 Å². The molecule has 1 aromatic carbocycles. The number of pyridine rings is 1. The van der Waals surface area contributed by atoms with Crippen molar-refractivity contribution >= 4 is 20.9 Å². The van der Waals surface area contributed by atoms with E-state index in [1.165, 1.54) is 0 Å². The normalized spacial score (nSPS) is 11.6. The first-order valence-electron chi connectivity index (χ1n) is 6.01. The summed E-state index contributed by atoms with van der Waals surface area (Å²) in [4.78, 5) is 4.51. The van der Waals surface area contributed by atoms with Gasteiger partial charge in [0.2, 0.25) is 10.0 Å². The maximum absolute atomic E-state index is 12.3. The predicted molar refractivity (Wildman–Crippen MR) is 76.5 cm³/mol. The Bertz CT molecular complexity index is 708. The predicted octanol–water partition coefficient (Wildman–Crippen LogP) is 2.40. The molecule has 1 heterocycles. The standard InChI is InChI=1S/C14H16N2O2S/c1-3-4-10-16-19(17,18)13-8-7-11(2)14-12(13)6-5-9-15-14/h3,5-9,16H,1,4,10H2,2H3. The van der Waals surface area contributed by atoms with Crippen molar-refractivity contribution in [2.24, 2.45) is 0 Å². The second-order valence-electron chi connectivity index (χ2n) is 4.26. The monoisotopic (exact) mass is 276 g/mol. The number of rotatable bonds is 5. The van der Waals surface area contributed by atoms with Gasteiger partial charge in [-0.3, -0.25) is 4.98 Å². The van der Waals surface area contributed by atoms with Gasteiger partial charge in [0.05, 0.1) is 10.4 Å². The molecule has 0 atom stereocenters. The Hall–Kier alpha value is -1.72. The molecule has 0 fully saturated rings. The lowest BCUT2D eigenvalue weighted by molar-refractivity contribution is 0.583. The second kappa shape index (κ2) is 5.50. The lowest BCUT2D eigenvalue weighted by Crippen LogP contribution is -2.24. The smallest absolute Gasteiger partial charge is 0.241 e. The van der Waals surface area contributed by atoms with Crippen molar-refractivity contribution in [2.75, 3.05) is 6.54 Å². The first-order chi connectivity index (χ1) is 9.06. The van der Waals surface area contributed by atoms with Crippen LogP contribution in [0, 0.1) is 6.92 Å². The number of hydrogen-bond donors (Lipinski definition) is 1. The molecule has 5 heteroatoms. The molecule has 1 N–H and O–H groups in total. The summed E-state index contributed by atoms with van der Waals surface area (Å²) in [6.07, 6.45) is 3.94. The molecule has 1 aromatic heterocycles. The van der Waals surface area contributed by atoms with Gasteiger partial charge in [-0.05, 0) is 37.1 Å². The number of nitrogens with one attached hydrogen (secondary N) is 1. The molecule has 0 aliphatic rings. The van der Waals surface area contributed by atoms with E-state index in [1.807, 2.05) is 6.92 Å². The van der Waals surface area contributed by atoms with Crippen LogP contribution < -0.4 is 4.72 Å². The van der Waals surface area contributed by atoms with Crippen LogP contribution in [0.1, 0.15) is 12.0 Å². The zero-order valence-electron chi connectivity index (χ0n) is 10.8. The fourth-order valence-electron chi connectivity index (χ4n) is 1.90. The first-order valence-corrected chi connectivity index (χ1v) is 7.49. The number of sulfonamides is 1. The van der Waals surface area contributed by atoms with Gasteiger partial charge < -0.3 is 0 Å². The van der Waals surface area contributed by atoms with E-state index in [9.17, 15) is 8.42 Å². The molecule has 100 valence electrons. The third-order valence-corrected chi connectivity index (χ3v) is 4.38. The van der Waals surface area contributed by atoms with Crippen LogP contribution in [0.25, 0.3) is 10.9 Å². The van der Waals surface area contributed by atoms with Crippen molar-refractivity contribution in [3.63, 3.8) is 0 Å². The van der Waals surface area contributed by atoms with Gasteiger partial charge in [0.15, 0.2) is 0 Å². The zero-order valence-corrected chi connectivity index (χ0v) is 11.6. The van der Waals surface area contributed by atoms with Gasteiger partial charge in [0, 0.05) is 18.1 Å². The van der Waals surface area contributed by atoms with Crippen molar-refractivity contribution in [3.05, 3.63) is 48.7 Å². The van der Waals surface area contributed by atoms with Crippen molar-refractivity contribution in [1.29, 1.82) is 0 Å². The van der Waals surface area contributed by atoms with Crippen molar-refractivity contribution < 1.29 is 8.42 Å². The molecule has 0 amide bonds. The average Bonchev–Trinajstić information content (AvgIpc) is 2.39. The summed E-state index contributed by atoms with van der Waals surface area (Å²) >= 11 is 0. The minimum Gasteiger partial charge on any atom is -0.256 e. The number of benzene rings is 1. The summed E-state index contributed by atoms with van der Waals surface area (Å²) in [6.45, 7) is 5.83. The van der Waals surface area contributed by atoms with Crippen LogP contribution in [-0.4, -0.2) is 19.9 Å². The van der Waals surface area contributed by atoms with Gasteiger partial charge in [-0.15, -0.1) is 6.58 Å². The molecule has 4 nitrogen and oxygen atoms in total. The SMILES string of the molecule is C=CCCNS(=O)(=O)c1ccc(C)c2ncccc12. The topological polar surface area (TPSA) is 59.1 Å². The number of aryl methyl sites for hydroxylation is 1. The molecule has 0 aliphatic carbocycles. The fourth-order valence-corrected chi connectivity index (χ4v) is 3.14. The van der Waals surface area contributed by atoms with Crippen LogP contribution in [0.4, 0.5) is 0 Å². The van der Waals surface area contributed by atoms with Crippen LogP contribution in [0.2, 0.25) is 0 Å². The maximum atomic E-state index is 12.3. The fraction of sp³-hybridized carbons (Fsp3) is 0.214. The molecule has 0 spiro atoms. The van der Waals surface area contributed by atoms with Gasteiger partial charge in [-0.25, -0.2) is 13.1 Å². The maximum Gasteiger partial charge on any atom is 0.241 e. The van der Waals surface area contributed by atoms with E-state index in [4.69, 9.17) is 0 Å². The quantitative estimate of drug-likeness (QED) is 0.674. The molecule has 2 aromatic rings. The van der Waals surface area contributed by atoms with Crippen LogP contribution >= 0.6 is 0 Å². The second-order valence-corrected chi connectivity index (χ2v) is 5.99. The third kappa shape index (κ3) is 2.83. The van der Waals surface area contributed by atoms with E-state index in [-0.39, 0.29) is 4.90 Å². The molecule has 0 bridgehead atoms. The molecule has 0 aliphatic heterocycles. The average molecular weight is 276 g/mol. The molecule has 0 radical (unpaired) electrons. The van der Waals surface area contributed by atoms with Crippen LogP contribution in [0.5, 0.6) is 0 Å². The minimum absolute atomic E-state index is 0.269. The summed E-state index contributed by atoms with van der Waals surface area (Å²) in [5.74, 6) is 0. The Labute approximate surface area is 113 Å². The van der Waals surface area contributed by atoms with Gasteiger partial charge in [0.25, 0.3) is 0 Å². The van der Waals surface area contributed by atoms with Gasteiger partial charge in [0.1, 0.15) is 0 Å². The van der Waals surface area contributed by atoms with Crippen molar-refractivity contribution in [2.45, 2.75) is 18.2 Å². The summed E-state index contributed by atoms with van der Waals surface area (Å²) in [7, 11) is -3.51. The summed E-state index contributed by atoms with van der Waals surface area (Å²) < 4.78 is 27.1. The lowest BCUT2D eigenvalue weighted by atomic mass is 10.1. The van der Waals surface area contributed by atoms with E-state index in [2.05, 4.69) is 16.3 Å². The minimum atomic E-state index is -3.51. The Morgan fingerprint density at radius 2 is 2.16 bits per heavy atom.